The Morgan fingerprint density at radius 1 is 1.15 bits per heavy atom. The van der Waals surface area contributed by atoms with Gasteiger partial charge in [-0.2, -0.15) is 23.1 Å². The lowest BCUT2D eigenvalue weighted by Gasteiger charge is -2.16. The molecule has 17 heteroatoms. The van der Waals surface area contributed by atoms with E-state index in [2.05, 4.69) is 36.1 Å². The van der Waals surface area contributed by atoms with E-state index in [1.165, 1.54) is 30.5 Å². The van der Waals surface area contributed by atoms with E-state index >= 15 is 0 Å². The molecule has 1 aliphatic rings. The zero-order valence-corrected chi connectivity index (χ0v) is 21.9. The van der Waals surface area contributed by atoms with Gasteiger partial charge in [-0.05, 0) is 60.9 Å². The SMILES string of the molecule is Cc1cc(C(N)=O)cc(C(=O)NC2CC2)c1NC(=O)c1cc(Cn2nnc(C(F)(F)F)n2)nn1-c1ncccc1Cl. The Labute approximate surface area is 233 Å². The van der Waals surface area contributed by atoms with E-state index in [-0.39, 0.29) is 51.6 Å². The molecule has 0 unspecified atom stereocenters. The van der Waals surface area contributed by atoms with Gasteiger partial charge in [0.2, 0.25) is 5.91 Å². The predicted molar refractivity (Wildman–Crippen MR) is 136 cm³/mol. The van der Waals surface area contributed by atoms with Crippen LogP contribution in [0.3, 0.4) is 0 Å². The number of nitrogens with one attached hydrogen (secondary N) is 2. The lowest BCUT2D eigenvalue weighted by Crippen LogP contribution is -2.28. The maximum atomic E-state index is 13.6. The van der Waals surface area contributed by atoms with Crippen molar-refractivity contribution in [3.05, 3.63) is 75.5 Å². The molecular formula is C24H20ClF3N10O3. The molecule has 1 aliphatic carbocycles. The number of halogens is 4. The summed E-state index contributed by atoms with van der Waals surface area (Å²) in [4.78, 5) is 43.3. The Bertz CT molecular complexity index is 1680. The summed E-state index contributed by atoms with van der Waals surface area (Å²) in [5.74, 6) is -3.40. The predicted octanol–water partition coefficient (Wildman–Crippen LogP) is 2.53. The van der Waals surface area contributed by atoms with E-state index < -0.39 is 29.7 Å². The van der Waals surface area contributed by atoms with Crippen LogP contribution < -0.4 is 16.4 Å². The average Bonchev–Trinajstić information content (AvgIpc) is 3.41. The highest BCUT2D eigenvalue weighted by Gasteiger charge is 2.37. The van der Waals surface area contributed by atoms with Gasteiger partial charge in [0.05, 0.1) is 22.0 Å². The minimum absolute atomic E-state index is 0.0119. The van der Waals surface area contributed by atoms with Crippen molar-refractivity contribution < 1.29 is 27.6 Å². The van der Waals surface area contributed by atoms with Crippen LogP contribution in [0.15, 0.2) is 36.5 Å². The van der Waals surface area contributed by atoms with Gasteiger partial charge in [0.1, 0.15) is 12.2 Å². The minimum Gasteiger partial charge on any atom is -0.366 e. The average molecular weight is 589 g/mol. The first-order chi connectivity index (χ1) is 19.4. The van der Waals surface area contributed by atoms with E-state index in [9.17, 15) is 27.6 Å². The van der Waals surface area contributed by atoms with Gasteiger partial charge in [0, 0.05) is 17.8 Å². The number of nitrogens with zero attached hydrogens (tertiary/aromatic N) is 7. The Morgan fingerprint density at radius 3 is 2.54 bits per heavy atom. The molecule has 3 heterocycles. The lowest BCUT2D eigenvalue weighted by molar-refractivity contribution is -0.145. The topological polar surface area (TPSA) is 176 Å². The first kappa shape index (κ1) is 27.7. The standard InChI is InChI=1S/C24H20ClF3N10O3/c1-11-7-12(19(29)39)8-15(21(40)31-13-4-5-13)18(11)32-22(41)17-9-14(10-37-35-23(33-36-37)24(26,27)28)34-38(17)20-16(25)3-2-6-30-20/h2-3,6-9,13H,4-5,10H2,1H3,(H2,29,39)(H,31,40)(H,32,41). The number of alkyl halides is 3. The first-order valence-electron chi connectivity index (χ1n) is 12.0. The number of benzene rings is 1. The molecule has 0 atom stereocenters. The molecule has 212 valence electrons. The van der Waals surface area contributed by atoms with E-state index in [4.69, 9.17) is 17.3 Å². The number of anilines is 1. The van der Waals surface area contributed by atoms with Gasteiger partial charge >= 0.3 is 6.18 Å². The summed E-state index contributed by atoms with van der Waals surface area (Å²) < 4.78 is 39.9. The molecule has 0 bridgehead atoms. The molecule has 0 saturated heterocycles. The van der Waals surface area contributed by atoms with Crippen LogP contribution in [0.4, 0.5) is 18.9 Å². The van der Waals surface area contributed by atoms with Crippen LogP contribution >= 0.6 is 11.6 Å². The third kappa shape index (κ3) is 6.01. The van der Waals surface area contributed by atoms with E-state index in [1.54, 1.807) is 13.0 Å². The molecule has 1 saturated carbocycles. The smallest absolute Gasteiger partial charge is 0.366 e. The molecule has 1 aromatic carbocycles. The number of rotatable bonds is 8. The number of primary amides is 1. The fraction of sp³-hybridized carbons (Fsp3) is 0.250. The van der Waals surface area contributed by atoms with E-state index in [1.807, 2.05) is 0 Å². The third-order valence-electron chi connectivity index (χ3n) is 5.96. The highest BCUT2D eigenvalue weighted by atomic mass is 35.5. The molecule has 3 aromatic heterocycles. The van der Waals surface area contributed by atoms with Crippen molar-refractivity contribution in [1.29, 1.82) is 0 Å². The highest BCUT2D eigenvalue weighted by Crippen LogP contribution is 2.28. The summed E-state index contributed by atoms with van der Waals surface area (Å²) in [7, 11) is 0. The molecule has 0 spiro atoms. The third-order valence-corrected chi connectivity index (χ3v) is 6.25. The summed E-state index contributed by atoms with van der Waals surface area (Å²) in [6.45, 7) is 1.21. The number of nitrogens with two attached hydrogens (primary N) is 1. The van der Waals surface area contributed by atoms with E-state index in [0.29, 0.717) is 10.4 Å². The van der Waals surface area contributed by atoms with Crippen molar-refractivity contribution >= 4 is 35.0 Å². The van der Waals surface area contributed by atoms with Gasteiger partial charge in [0.15, 0.2) is 5.82 Å². The fourth-order valence-corrected chi connectivity index (χ4v) is 4.08. The maximum Gasteiger partial charge on any atom is 0.455 e. The van der Waals surface area contributed by atoms with Crippen LogP contribution in [0.25, 0.3) is 5.82 Å². The van der Waals surface area contributed by atoms with Crippen molar-refractivity contribution in [1.82, 2.24) is 40.3 Å². The Hall–Kier alpha value is -4.86. The van der Waals surface area contributed by atoms with Crippen molar-refractivity contribution in [2.45, 2.75) is 38.5 Å². The van der Waals surface area contributed by atoms with Gasteiger partial charge in [-0.25, -0.2) is 9.67 Å². The van der Waals surface area contributed by atoms with Crippen LogP contribution in [0.5, 0.6) is 0 Å². The van der Waals surface area contributed by atoms with Crippen molar-refractivity contribution in [3.63, 3.8) is 0 Å². The van der Waals surface area contributed by atoms with Crippen molar-refractivity contribution in [2.24, 2.45) is 5.73 Å². The fourth-order valence-electron chi connectivity index (χ4n) is 3.88. The maximum absolute atomic E-state index is 13.6. The Kier molecular flexibility index (Phi) is 7.17. The second-order valence-corrected chi connectivity index (χ2v) is 9.57. The molecule has 1 fully saturated rings. The largest absolute Gasteiger partial charge is 0.455 e. The molecule has 3 amide bonds. The first-order valence-corrected chi connectivity index (χ1v) is 12.4. The monoisotopic (exact) mass is 588 g/mol. The van der Waals surface area contributed by atoms with Crippen LogP contribution in [-0.2, 0) is 12.7 Å². The molecular weight excluding hydrogens is 569 g/mol. The molecule has 0 radical (unpaired) electrons. The van der Waals surface area contributed by atoms with E-state index in [0.717, 1.165) is 17.5 Å². The highest BCUT2D eigenvalue weighted by molar-refractivity contribution is 6.32. The molecule has 41 heavy (non-hydrogen) atoms. The van der Waals surface area contributed by atoms with Gasteiger partial charge in [-0.1, -0.05) is 11.6 Å². The number of carbonyl (C=O) groups is 3. The summed E-state index contributed by atoms with van der Waals surface area (Å²) in [6.07, 6.45) is -1.78. The number of aromatic nitrogens is 7. The summed E-state index contributed by atoms with van der Waals surface area (Å²) in [5, 5.41) is 19.6. The summed E-state index contributed by atoms with van der Waals surface area (Å²) in [5.41, 5.74) is 5.98. The van der Waals surface area contributed by atoms with Gasteiger partial charge in [-0.15, -0.1) is 10.2 Å². The minimum atomic E-state index is -4.80. The summed E-state index contributed by atoms with van der Waals surface area (Å²) in [6, 6.07) is 7.06. The van der Waals surface area contributed by atoms with Gasteiger partial charge in [0.25, 0.3) is 17.6 Å². The van der Waals surface area contributed by atoms with Crippen LogP contribution in [0.2, 0.25) is 5.02 Å². The second-order valence-electron chi connectivity index (χ2n) is 9.16. The zero-order chi connectivity index (χ0) is 29.5. The zero-order valence-electron chi connectivity index (χ0n) is 21.1. The quantitative estimate of drug-likeness (QED) is 0.281. The van der Waals surface area contributed by atoms with Crippen molar-refractivity contribution in [2.75, 3.05) is 5.32 Å². The molecule has 4 N–H and O–H groups in total. The Balaban J connectivity index is 1.53. The number of pyridine rings is 1. The normalized spacial score (nSPS) is 13.2. The molecule has 13 nitrogen and oxygen atoms in total. The number of tetrazole rings is 1. The second kappa shape index (κ2) is 10.6. The lowest BCUT2D eigenvalue weighted by atomic mass is 10.0. The van der Waals surface area contributed by atoms with Crippen LogP contribution in [0.1, 0.15) is 61.1 Å². The van der Waals surface area contributed by atoms with Gasteiger partial charge in [-0.3, -0.25) is 14.4 Å². The number of amides is 3. The summed E-state index contributed by atoms with van der Waals surface area (Å²) >= 11 is 6.30. The van der Waals surface area contributed by atoms with Gasteiger partial charge < -0.3 is 16.4 Å². The van der Waals surface area contributed by atoms with Crippen LogP contribution in [-0.4, -0.2) is 58.7 Å². The van der Waals surface area contributed by atoms with Crippen LogP contribution in [0, 0.1) is 6.92 Å². The number of aryl methyl sites for hydroxylation is 1. The molecule has 5 rings (SSSR count). The molecule has 0 aliphatic heterocycles. The number of carbonyl (C=O) groups excluding carboxylic acids is 3. The van der Waals surface area contributed by atoms with Crippen molar-refractivity contribution in [3.8, 4) is 5.82 Å². The number of hydrogen-bond acceptors (Lipinski definition) is 8. The molecule has 4 aromatic rings. The Morgan fingerprint density at radius 2 is 1.90 bits per heavy atom. The number of hydrogen-bond donors (Lipinski definition) is 3.